The first-order chi connectivity index (χ1) is 21.5. The first-order valence-corrected chi connectivity index (χ1v) is 14.7. The first kappa shape index (κ1) is 31.8. The molecule has 4 radical (unpaired) electrons. The van der Waals surface area contributed by atoms with Crippen molar-refractivity contribution in [1.29, 1.82) is 0 Å². The van der Waals surface area contributed by atoms with Crippen LogP contribution in [0.4, 0.5) is 0 Å². The zero-order valence-electron chi connectivity index (χ0n) is 25.7. The minimum Gasteiger partial charge on any atom is -0.285 e. The van der Waals surface area contributed by atoms with Crippen LogP contribution in [0.5, 0.6) is 0 Å². The Balaban J connectivity index is 0.00000113. The summed E-state index contributed by atoms with van der Waals surface area (Å²) >= 11 is 0. The van der Waals surface area contributed by atoms with Gasteiger partial charge in [0.2, 0.25) is 22.6 Å². The Morgan fingerprint density at radius 1 is 0.447 bits per heavy atom. The van der Waals surface area contributed by atoms with Crippen molar-refractivity contribution in [3.8, 4) is 45.6 Å². The number of aromatic nitrogens is 8. The molecule has 0 amide bonds. The van der Waals surface area contributed by atoms with Crippen molar-refractivity contribution in [2.24, 2.45) is 28.2 Å². The van der Waals surface area contributed by atoms with E-state index in [9.17, 15) is 0 Å². The van der Waals surface area contributed by atoms with Gasteiger partial charge in [0.25, 0.3) is 23.3 Å². The van der Waals surface area contributed by atoms with Crippen molar-refractivity contribution >= 4 is 52.5 Å². The van der Waals surface area contributed by atoms with E-state index in [-0.39, 0.29) is 34.3 Å². The fraction of sp³-hybridized carbons (Fsp3) is 0.135. The van der Waals surface area contributed by atoms with Crippen molar-refractivity contribution in [2.45, 2.75) is 7.43 Å². The van der Waals surface area contributed by atoms with Gasteiger partial charge in [-0.25, -0.2) is 9.13 Å². The van der Waals surface area contributed by atoms with Gasteiger partial charge in [-0.05, 0) is 48.5 Å². The summed E-state index contributed by atoms with van der Waals surface area (Å²) < 4.78 is 8.41. The molecule has 0 saturated carbocycles. The molecule has 5 heterocycles. The molecule has 4 aromatic carbocycles. The van der Waals surface area contributed by atoms with E-state index >= 15 is 0 Å². The first-order valence-electron chi connectivity index (χ1n) is 14.7. The SMILES string of the molecule is C.Cn1c2nc3[n+](C)c(nc4c5ccccc5c(nc5[n+](C)c(nc1c1ccccc12)-c1ccccc1-5)n4C)-c1ccccc1-3.[2HH].[B].[Cu]. The van der Waals surface area contributed by atoms with Crippen LogP contribution >= 0.6 is 0 Å². The molecule has 0 N–H and O–H groups in total. The standard InChI is InChI=1S/C36H28N8.CH4.B.Cu.H2/c1-41-29-21-13-5-6-14-22(21)30(41)38-32-24-16-8-10-18-26(24)34(43(32)3)40-36-28-20-12-11-19-27(28)35(44(36)4)39-33-25-17-9-7-15-23(25)31(37-29)42(33)2;;;;/h5-20H,1-4H3;1H4;;;1H/q+2;;;;/i;;;;1+1. The Labute approximate surface area is 286 Å². The minimum atomic E-state index is 0. The summed E-state index contributed by atoms with van der Waals surface area (Å²) in [5.41, 5.74) is 7.56. The van der Waals surface area contributed by atoms with Crippen molar-refractivity contribution in [2.75, 3.05) is 0 Å². The van der Waals surface area contributed by atoms with Gasteiger partial charge in [-0.3, -0.25) is 9.13 Å². The Hall–Kier alpha value is -5.18. The maximum atomic E-state index is 5.37. The number of hydrogen-bond donors (Lipinski definition) is 0. The van der Waals surface area contributed by atoms with Crippen LogP contribution in [0, 0.1) is 0 Å². The molecule has 3 aromatic heterocycles. The second-order valence-corrected chi connectivity index (χ2v) is 11.5. The molecule has 2 aliphatic heterocycles. The molecule has 10 heteroatoms. The average molecular weight is 666 g/mol. The van der Waals surface area contributed by atoms with E-state index in [0.717, 1.165) is 89.7 Å². The zero-order valence-corrected chi connectivity index (χ0v) is 26.6. The van der Waals surface area contributed by atoms with Gasteiger partial charge in [-0.1, -0.05) is 75.9 Å². The molecular formula is C37H34BCuN8+2. The number of aryl methyl sites for hydroxylation is 2. The third kappa shape index (κ3) is 4.36. The van der Waals surface area contributed by atoms with Crippen LogP contribution < -0.4 is 9.13 Å². The van der Waals surface area contributed by atoms with E-state index < -0.39 is 0 Å². The van der Waals surface area contributed by atoms with E-state index in [1.165, 1.54) is 0 Å². The Bertz CT molecular complexity index is 2230. The monoisotopic (exact) mass is 665 g/mol. The predicted octanol–water partition coefficient (Wildman–Crippen LogP) is 6.25. The van der Waals surface area contributed by atoms with Crippen molar-refractivity contribution in [1.82, 2.24) is 29.1 Å². The van der Waals surface area contributed by atoms with Crippen LogP contribution in [0.2, 0.25) is 0 Å². The van der Waals surface area contributed by atoms with Gasteiger partial charge in [0.15, 0.2) is 0 Å². The van der Waals surface area contributed by atoms with Crippen LogP contribution in [0.1, 0.15) is 8.85 Å². The number of hydrogen-bond acceptors (Lipinski definition) is 4. The van der Waals surface area contributed by atoms with Crippen LogP contribution in [0.3, 0.4) is 0 Å². The summed E-state index contributed by atoms with van der Waals surface area (Å²) in [6, 6.07) is 33.5. The smallest absolute Gasteiger partial charge is 0.273 e. The van der Waals surface area contributed by atoms with Gasteiger partial charge in [-0.2, -0.15) is 0 Å². The van der Waals surface area contributed by atoms with Crippen LogP contribution in [0.15, 0.2) is 97.1 Å². The van der Waals surface area contributed by atoms with Gasteiger partial charge in [0.1, 0.15) is 0 Å². The number of rotatable bonds is 0. The molecule has 0 aliphatic carbocycles. The molecule has 7 aromatic rings. The molecule has 8 bridgehead atoms. The summed E-state index contributed by atoms with van der Waals surface area (Å²) in [5.74, 6) is 3.39. The molecule has 47 heavy (non-hydrogen) atoms. The molecule has 0 atom stereocenters. The minimum absolute atomic E-state index is 0. The largest absolute Gasteiger partial charge is 0.285 e. The summed E-state index contributed by atoms with van der Waals surface area (Å²) in [7, 11) is 8.19. The summed E-state index contributed by atoms with van der Waals surface area (Å²) in [6.07, 6.45) is 0. The summed E-state index contributed by atoms with van der Waals surface area (Å²) in [4.78, 5) is 21.5. The van der Waals surface area contributed by atoms with Crippen LogP contribution in [-0.2, 0) is 45.3 Å². The van der Waals surface area contributed by atoms with E-state index in [1.807, 2.05) is 28.2 Å². The average Bonchev–Trinajstić information content (AvgIpc) is 3.67. The Morgan fingerprint density at radius 3 is 0.894 bits per heavy atom. The fourth-order valence-corrected chi connectivity index (χ4v) is 6.82. The third-order valence-corrected chi connectivity index (χ3v) is 9.02. The van der Waals surface area contributed by atoms with Gasteiger partial charge in [0, 0.05) is 62.5 Å². The maximum Gasteiger partial charge on any atom is 0.273 e. The molecule has 2 aliphatic rings. The molecule has 0 spiro atoms. The van der Waals surface area contributed by atoms with Crippen molar-refractivity contribution < 1.29 is 27.6 Å². The van der Waals surface area contributed by atoms with Gasteiger partial charge in [-0.15, -0.1) is 0 Å². The van der Waals surface area contributed by atoms with E-state index in [4.69, 9.17) is 19.9 Å². The molecule has 234 valence electrons. The number of nitrogens with zero attached hydrogens (tertiary/aromatic N) is 8. The Kier molecular flexibility index (Phi) is 7.82. The second kappa shape index (κ2) is 11.6. The molecule has 0 fully saturated rings. The van der Waals surface area contributed by atoms with Crippen LogP contribution in [-0.4, -0.2) is 37.5 Å². The molecule has 8 nitrogen and oxygen atoms in total. The zero-order chi connectivity index (χ0) is 29.7. The summed E-state index contributed by atoms with van der Waals surface area (Å²) in [5, 5.41) is 4.18. The maximum absolute atomic E-state index is 5.37. The van der Waals surface area contributed by atoms with Crippen molar-refractivity contribution in [3.63, 3.8) is 0 Å². The third-order valence-electron chi connectivity index (χ3n) is 9.02. The molecule has 9 rings (SSSR count). The van der Waals surface area contributed by atoms with Gasteiger partial charge in [0.05, 0.1) is 36.3 Å². The van der Waals surface area contributed by atoms with Gasteiger partial charge >= 0.3 is 0 Å². The summed E-state index contributed by atoms with van der Waals surface area (Å²) in [6.45, 7) is 0. The van der Waals surface area contributed by atoms with Gasteiger partial charge < -0.3 is 0 Å². The predicted molar refractivity (Wildman–Crippen MR) is 187 cm³/mol. The van der Waals surface area contributed by atoms with Crippen molar-refractivity contribution in [3.05, 3.63) is 97.1 Å². The number of fused-ring (bicyclic) bond motifs is 20. The van der Waals surface area contributed by atoms with E-state index in [0.29, 0.717) is 0 Å². The quantitative estimate of drug-likeness (QED) is 0.142. The molecule has 0 saturated heterocycles. The molecular weight excluding hydrogens is 631 g/mol. The van der Waals surface area contributed by atoms with E-state index in [2.05, 4.69) is 115 Å². The fourth-order valence-electron chi connectivity index (χ4n) is 6.82. The topological polar surface area (TPSA) is 69.2 Å². The normalized spacial score (nSPS) is 11.3. The number of benzene rings is 4. The second-order valence-electron chi connectivity index (χ2n) is 11.5. The van der Waals surface area contributed by atoms with Crippen LogP contribution in [0.25, 0.3) is 89.7 Å². The Morgan fingerprint density at radius 2 is 0.660 bits per heavy atom. The molecule has 0 unspecified atom stereocenters. The van der Waals surface area contributed by atoms with E-state index in [1.54, 1.807) is 0 Å².